The van der Waals surface area contributed by atoms with E-state index in [4.69, 9.17) is 0 Å². The fraction of sp³-hybridized carbons (Fsp3) is 0.316. The van der Waals surface area contributed by atoms with Crippen LogP contribution in [0, 0.1) is 11.6 Å². The Labute approximate surface area is 146 Å². The Morgan fingerprint density at radius 2 is 1.84 bits per heavy atom. The first kappa shape index (κ1) is 18.9. The molecule has 0 fully saturated rings. The van der Waals surface area contributed by atoms with E-state index in [1.54, 1.807) is 6.07 Å². The Hall–Kier alpha value is -2.47. The molecule has 0 aliphatic heterocycles. The van der Waals surface area contributed by atoms with Crippen molar-refractivity contribution < 1.29 is 13.9 Å². The van der Waals surface area contributed by atoms with E-state index in [-0.39, 0.29) is 12.6 Å². The average Bonchev–Trinajstić information content (AvgIpc) is 2.62. The molecular formula is C19H23F2N3O. The zero-order valence-corrected chi connectivity index (χ0v) is 14.4. The molecule has 0 amide bonds. The van der Waals surface area contributed by atoms with E-state index < -0.39 is 11.6 Å². The summed E-state index contributed by atoms with van der Waals surface area (Å²) < 4.78 is 26.5. The Bertz CT molecular complexity index is 734. The van der Waals surface area contributed by atoms with Crippen molar-refractivity contribution in [2.45, 2.75) is 33.0 Å². The predicted molar refractivity (Wildman–Crippen MR) is 95.1 cm³/mol. The molecule has 2 rings (SSSR count). The molecule has 0 radical (unpaired) electrons. The smallest absolute Gasteiger partial charge is 0.192 e. The maximum Gasteiger partial charge on any atom is 0.192 e. The Kier molecular flexibility index (Phi) is 6.89. The summed E-state index contributed by atoms with van der Waals surface area (Å²) in [5.74, 6) is -1.17. The fourth-order valence-electron chi connectivity index (χ4n) is 2.42. The molecule has 0 heterocycles. The average molecular weight is 347 g/mol. The first-order valence-electron chi connectivity index (χ1n) is 8.22. The highest BCUT2D eigenvalue weighted by atomic mass is 19.2. The maximum atomic E-state index is 13.4. The van der Waals surface area contributed by atoms with Gasteiger partial charge in [0, 0.05) is 6.54 Å². The van der Waals surface area contributed by atoms with E-state index >= 15 is 0 Å². The lowest BCUT2D eigenvalue weighted by Crippen LogP contribution is -2.38. The Morgan fingerprint density at radius 3 is 2.48 bits per heavy atom. The van der Waals surface area contributed by atoms with Crippen LogP contribution >= 0.6 is 0 Å². The summed E-state index contributed by atoms with van der Waals surface area (Å²) in [6, 6.07) is 11.1. The zero-order valence-electron chi connectivity index (χ0n) is 14.4. The van der Waals surface area contributed by atoms with E-state index in [1.807, 2.05) is 38.1 Å². The van der Waals surface area contributed by atoms with Gasteiger partial charge >= 0.3 is 0 Å². The molecular weight excluding hydrogens is 324 g/mol. The number of aliphatic hydroxyl groups excluding tert-OH is 1. The number of hydrogen-bond donors (Lipinski definition) is 3. The Morgan fingerprint density at radius 1 is 1.12 bits per heavy atom. The van der Waals surface area contributed by atoms with Crippen molar-refractivity contribution >= 4 is 5.96 Å². The third-order valence-electron chi connectivity index (χ3n) is 3.84. The second-order valence-corrected chi connectivity index (χ2v) is 5.66. The number of benzene rings is 2. The number of rotatable bonds is 6. The minimum absolute atomic E-state index is 0.0408. The molecule has 1 atom stereocenters. The van der Waals surface area contributed by atoms with Gasteiger partial charge in [-0.2, -0.15) is 0 Å². The lowest BCUT2D eigenvalue weighted by atomic mass is 10.1. The molecule has 0 saturated carbocycles. The largest absolute Gasteiger partial charge is 0.392 e. The molecule has 0 spiro atoms. The first-order chi connectivity index (χ1) is 12.0. The van der Waals surface area contributed by atoms with Crippen molar-refractivity contribution in [1.29, 1.82) is 0 Å². The Balaban J connectivity index is 2.12. The van der Waals surface area contributed by atoms with Crippen molar-refractivity contribution in [2.75, 3.05) is 6.54 Å². The summed E-state index contributed by atoms with van der Waals surface area (Å²) in [5, 5.41) is 15.7. The quantitative estimate of drug-likeness (QED) is 0.555. The molecule has 2 aromatic rings. The predicted octanol–water partition coefficient (Wildman–Crippen LogP) is 3.27. The monoisotopic (exact) mass is 347 g/mol. The molecule has 4 nitrogen and oxygen atoms in total. The second-order valence-electron chi connectivity index (χ2n) is 5.66. The van der Waals surface area contributed by atoms with Crippen LogP contribution in [0.1, 0.15) is 36.6 Å². The second kappa shape index (κ2) is 9.13. The normalized spacial score (nSPS) is 12.8. The standard InChI is InChI=1S/C19H23F2N3O/c1-3-22-19(23-11-15-6-4-5-7-16(15)12-25)24-13(2)14-8-9-17(20)18(21)10-14/h4-10,13,25H,3,11-12H2,1-2H3,(H2,22,23,24). The van der Waals surface area contributed by atoms with Crippen LogP contribution in [0.5, 0.6) is 0 Å². The topological polar surface area (TPSA) is 56.7 Å². The highest BCUT2D eigenvalue weighted by Crippen LogP contribution is 2.16. The number of nitrogens with one attached hydrogen (secondary N) is 2. The molecule has 134 valence electrons. The molecule has 0 saturated heterocycles. The summed E-state index contributed by atoms with van der Waals surface area (Å²) in [6.07, 6.45) is 0. The molecule has 25 heavy (non-hydrogen) atoms. The van der Waals surface area contributed by atoms with Crippen LogP contribution in [0.4, 0.5) is 8.78 Å². The molecule has 6 heteroatoms. The van der Waals surface area contributed by atoms with E-state index in [2.05, 4.69) is 15.6 Å². The van der Waals surface area contributed by atoms with Crippen molar-refractivity contribution in [2.24, 2.45) is 4.99 Å². The zero-order chi connectivity index (χ0) is 18.2. The van der Waals surface area contributed by atoms with Crippen LogP contribution in [-0.2, 0) is 13.2 Å². The summed E-state index contributed by atoms with van der Waals surface area (Å²) in [4.78, 5) is 4.51. The highest BCUT2D eigenvalue weighted by molar-refractivity contribution is 5.80. The lowest BCUT2D eigenvalue weighted by molar-refractivity contribution is 0.280. The minimum atomic E-state index is -0.870. The number of aliphatic hydroxyl groups is 1. The van der Waals surface area contributed by atoms with E-state index in [1.165, 1.54) is 6.07 Å². The van der Waals surface area contributed by atoms with Crippen LogP contribution in [0.3, 0.4) is 0 Å². The summed E-state index contributed by atoms with van der Waals surface area (Å²) >= 11 is 0. The highest BCUT2D eigenvalue weighted by Gasteiger charge is 2.11. The van der Waals surface area contributed by atoms with Gasteiger partial charge < -0.3 is 15.7 Å². The first-order valence-corrected chi connectivity index (χ1v) is 8.22. The maximum absolute atomic E-state index is 13.4. The summed E-state index contributed by atoms with van der Waals surface area (Å²) in [6.45, 7) is 4.82. The van der Waals surface area contributed by atoms with Gasteiger partial charge in [0.2, 0.25) is 0 Å². The number of aliphatic imine (C=N–C) groups is 1. The number of nitrogens with zero attached hydrogens (tertiary/aromatic N) is 1. The number of halogens is 2. The van der Waals surface area contributed by atoms with E-state index in [0.29, 0.717) is 24.6 Å². The van der Waals surface area contributed by atoms with Crippen LogP contribution in [-0.4, -0.2) is 17.6 Å². The molecule has 0 aliphatic carbocycles. The molecule has 2 aromatic carbocycles. The number of guanidine groups is 1. The van der Waals surface area contributed by atoms with Gasteiger partial charge in [0.1, 0.15) is 0 Å². The van der Waals surface area contributed by atoms with Gasteiger partial charge in [-0.25, -0.2) is 13.8 Å². The SMILES string of the molecule is CCNC(=NCc1ccccc1CO)NC(C)c1ccc(F)c(F)c1. The van der Waals surface area contributed by atoms with Gasteiger partial charge in [0.25, 0.3) is 0 Å². The van der Waals surface area contributed by atoms with Crippen molar-refractivity contribution in [3.05, 3.63) is 70.8 Å². The third kappa shape index (κ3) is 5.26. The van der Waals surface area contributed by atoms with Crippen molar-refractivity contribution in [3.63, 3.8) is 0 Å². The van der Waals surface area contributed by atoms with Gasteiger partial charge in [-0.15, -0.1) is 0 Å². The molecule has 3 N–H and O–H groups in total. The van der Waals surface area contributed by atoms with Gasteiger partial charge in [-0.05, 0) is 42.7 Å². The van der Waals surface area contributed by atoms with Crippen molar-refractivity contribution in [1.82, 2.24) is 10.6 Å². The third-order valence-corrected chi connectivity index (χ3v) is 3.84. The van der Waals surface area contributed by atoms with E-state index in [9.17, 15) is 13.9 Å². The summed E-state index contributed by atoms with van der Waals surface area (Å²) in [5.41, 5.74) is 2.39. The van der Waals surface area contributed by atoms with Crippen LogP contribution in [0.25, 0.3) is 0 Å². The van der Waals surface area contributed by atoms with E-state index in [0.717, 1.165) is 17.2 Å². The molecule has 0 bridgehead atoms. The van der Waals surface area contributed by atoms with Gasteiger partial charge in [-0.3, -0.25) is 0 Å². The van der Waals surface area contributed by atoms with Crippen LogP contribution in [0.2, 0.25) is 0 Å². The van der Waals surface area contributed by atoms with Gasteiger partial charge in [0.05, 0.1) is 19.2 Å². The fourth-order valence-corrected chi connectivity index (χ4v) is 2.42. The minimum Gasteiger partial charge on any atom is -0.392 e. The van der Waals surface area contributed by atoms with Gasteiger partial charge in [0.15, 0.2) is 17.6 Å². The molecule has 0 aromatic heterocycles. The lowest BCUT2D eigenvalue weighted by Gasteiger charge is -2.18. The van der Waals surface area contributed by atoms with Crippen molar-refractivity contribution in [3.8, 4) is 0 Å². The van der Waals surface area contributed by atoms with Crippen LogP contribution < -0.4 is 10.6 Å². The summed E-state index contributed by atoms with van der Waals surface area (Å²) in [7, 11) is 0. The number of hydrogen-bond acceptors (Lipinski definition) is 2. The van der Waals surface area contributed by atoms with Gasteiger partial charge in [-0.1, -0.05) is 30.3 Å². The van der Waals surface area contributed by atoms with Crippen LogP contribution in [0.15, 0.2) is 47.5 Å². The molecule has 1 unspecified atom stereocenters. The molecule has 0 aliphatic rings.